The number of piperazine rings is 1. The van der Waals surface area contributed by atoms with E-state index in [4.69, 9.17) is 0 Å². The van der Waals surface area contributed by atoms with Gasteiger partial charge in [-0.3, -0.25) is 0 Å². The van der Waals surface area contributed by atoms with Gasteiger partial charge < -0.3 is 4.90 Å². The number of sulfonamides is 1. The van der Waals surface area contributed by atoms with Crippen molar-refractivity contribution in [2.75, 3.05) is 31.1 Å². The van der Waals surface area contributed by atoms with Crippen molar-refractivity contribution in [1.82, 2.24) is 14.3 Å². The molecule has 1 fully saturated rings. The van der Waals surface area contributed by atoms with Gasteiger partial charge in [-0.05, 0) is 19.1 Å². The fourth-order valence-corrected chi connectivity index (χ4v) is 4.85. The van der Waals surface area contributed by atoms with Gasteiger partial charge >= 0.3 is 6.18 Å². The maximum absolute atomic E-state index is 13.3. The molecule has 1 saturated heterocycles. The predicted octanol–water partition coefficient (Wildman–Crippen LogP) is 3.44. The van der Waals surface area contributed by atoms with Gasteiger partial charge in [0.2, 0.25) is 10.0 Å². The van der Waals surface area contributed by atoms with E-state index >= 15 is 0 Å². The van der Waals surface area contributed by atoms with Gasteiger partial charge in [-0.25, -0.2) is 18.4 Å². The Morgan fingerprint density at radius 2 is 1.66 bits per heavy atom. The zero-order chi connectivity index (χ0) is 21.4. The Balaban J connectivity index is 1.81. The molecule has 0 aliphatic carbocycles. The SMILES string of the molecule is Cc1cc(N2CCN(S(=O)(=O)c3ccccc3C(F)(F)F)CC2)nc(C(C)C)n1. The van der Waals surface area contributed by atoms with E-state index in [-0.39, 0.29) is 19.0 Å². The third-order valence-corrected chi connectivity index (χ3v) is 6.70. The van der Waals surface area contributed by atoms with Crippen molar-refractivity contribution in [2.45, 2.75) is 37.8 Å². The molecule has 1 aliphatic heterocycles. The molecule has 6 nitrogen and oxygen atoms in total. The average molecular weight is 428 g/mol. The summed E-state index contributed by atoms with van der Waals surface area (Å²) in [5, 5.41) is 0. The fraction of sp³-hybridized carbons (Fsp3) is 0.474. The largest absolute Gasteiger partial charge is 0.417 e. The van der Waals surface area contributed by atoms with Crippen molar-refractivity contribution in [3.05, 3.63) is 47.4 Å². The minimum Gasteiger partial charge on any atom is -0.354 e. The van der Waals surface area contributed by atoms with Crippen LogP contribution in [0.2, 0.25) is 0 Å². The molecule has 1 aliphatic rings. The van der Waals surface area contributed by atoms with Crippen LogP contribution in [-0.2, 0) is 16.2 Å². The van der Waals surface area contributed by atoms with Crippen LogP contribution in [0.4, 0.5) is 19.0 Å². The number of halogens is 3. The summed E-state index contributed by atoms with van der Waals surface area (Å²) < 4.78 is 66.7. The summed E-state index contributed by atoms with van der Waals surface area (Å²) in [7, 11) is -4.26. The van der Waals surface area contributed by atoms with Crippen LogP contribution in [0.25, 0.3) is 0 Å². The summed E-state index contributed by atoms with van der Waals surface area (Å²) in [5.74, 6) is 1.55. The number of alkyl halides is 3. The van der Waals surface area contributed by atoms with Crippen molar-refractivity contribution < 1.29 is 21.6 Å². The highest BCUT2D eigenvalue weighted by atomic mass is 32.2. The number of nitrogens with zero attached hydrogens (tertiary/aromatic N) is 4. The van der Waals surface area contributed by atoms with Gasteiger partial charge in [0.05, 0.1) is 10.5 Å². The van der Waals surface area contributed by atoms with E-state index in [2.05, 4.69) is 9.97 Å². The first-order valence-electron chi connectivity index (χ1n) is 9.27. The molecule has 0 amide bonds. The number of rotatable bonds is 4. The number of aromatic nitrogens is 2. The van der Waals surface area contributed by atoms with E-state index in [0.717, 1.165) is 22.1 Å². The lowest BCUT2D eigenvalue weighted by atomic mass is 10.2. The highest BCUT2D eigenvalue weighted by Gasteiger charge is 2.39. The molecular formula is C19H23F3N4O2S. The first-order valence-corrected chi connectivity index (χ1v) is 10.7. The number of anilines is 1. The first-order chi connectivity index (χ1) is 13.5. The predicted molar refractivity (Wildman–Crippen MR) is 103 cm³/mol. The van der Waals surface area contributed by atoms with Crippen molar-refractivity contribution in [2.24, 2.45) is 0 Å². The normalized spacial score (nSPS) is 16.4. The number of hydrogen-bond acceptors (Lipinski definition) is 5. The number of hydrogen-bond donors (Lipinski definition) is 0. The quantitative estimate of drug-likeness (QED) is 0.747. The Labute approximate surface area is 168 Å². The summed E-state index contributed by atoms with van der Waals surface area (Å²) in [4.78, 5) is 10.2. The molecule has 0 bridgehead atoms. The van der Waals surface area contributed by atoms with Gasteiger partial charge in [0.15, 0.2) is 0 Å². The smallest absolute Gasteiger partial charge is 0.354 e. The van der Waals surface area contributed by atoms with E-state index in [1.807, 2.05) is 31.7 Å². The van der Waals surface area contributed by atoms with Gasteiger partial charge in [-0.15, -0.1) is 0 Å². The van der Waals surface area contributed by atoms with Crippen molar-refractivity contribution in [1.29, 1.82) is 0 Å². The van der Waals surface area contributed by atoms with Gasteiger partial charge in [-0.2, -0.15) is 17.5 Å². The van der Waals surface area contributed by atoms with Crippen LogP contribution < -0.4 is 4.90 Å². The molecule has 1 aromatic carbocycles. The summed E-state index contributed by atoms with van der Waals surface area (Å²) in [6.07, 6.45) is -4.74. The summed E-state index contributed by atoms with van der Waals surface area (Å²) in [6.45, 7) is 6.67. The maximum Gasteiger partial charge on any atom is 0.417 e. The zero-order valence-electron chi connectivity index (χ0n) is 16.4. The molecule has 0 saturated carbocycles. The van der Waals surface area contributed by atoms with Gasteiger partial charge in [-0.1, -0.05) is 26.0 Å². The standard InChI is InChI=1S/C19H23F3N4O2S/c1-13(2)18-23-14(3)12-17(24-18)25-8-10-26(11-9-25)29(27,28)16-7-5-4-6-15(16)19(20,21)22/h4-7,12-13H,8-11H2,1-3H3. The zero-order valence-corrected chi connectivity index (χ0v) is 17.3. The van der Waals surface area contributed by atoms with Crippen LogP contribution in [0.15, 0.2) is 35.2 Å². The van der Waals surface area contributed by atoms with Gasteiger partial charge in [0, 0.05) is 43.9 Å². The van der Waals surface area contributed by atoms with Crippen LogP contribution in [-0.4, -0.2) is 48.9 Å². The Hall–Kier alpha value is -2.20. The average Bonchev–Trinajstić information content (AvgIpc) is 2.67. The van der Waals surface area contributed by atoms with Crippen LogP contribution in [0.3, 0.4) is 0 Å². The molecule has 0 unspecified atom stereocenters. The lowest BCUT2D eigenvalue weighted by Crippen LogP contribution is -2.49. The highest BCUT2D eigenvalue weighted by Crippen LogP contribution is 2.35. The lowest BCUT2D eigenvalue weighted by Gasteiger charge is -2.35. The summed E-state index contributed by atoms with van der Waals surface area (Å²) in [5.41, 5.74) is -0.330. The minimum atomic E-state index is -4.74. The molecule has 1 aromatic heterocycles. The molecular weight excluding hydrogens is 405 g/mol. The first kappa shape index (κ1) is 21.5. The molecule has 0 spiro atoms. The molecule has 2 heterocycles. The number of benzene rings is 1. The topological polar surface area (TPSA) is 66.4 Å². The fourth-order valence-electron chi connectivity index (χ4n) is 3.22. The number of aryl methyl sites for hydroxylation is 1. The molecule has 3 rings (SSSR count). The molecule has 2 aromatic rings. The Morgan fingerprint density at radius 1 is 1.03 bits per heavy atom. The highest BCUT2D eigenvalue weighted by molar-refractivity contribution is 7.89. The van der Waals surface area contributed by atoms with E-state index in [1.165, 1.54) is 12.1 Å². The molecule has 29 heavy (non-hydrogen) atoms. The van der Waals surface area contributed by atoms with Crippen LogP contribution in [0, 0.1) is 6.92 Å². The second-order valence-corrected chi connectivity index (χ2v) is 9.17. The third-order valence-electron chi connectivity index (χ3n) is 4.75. The van der Waals surface area contributed by atoms with E-state index in [0.29, 0.717) is 24.7 Å². The van der Waals surface area contributed by atoms with Crippen molar-refractivity contribution in [3.63, 3.8) is 0 Å². The Morgan fingerprint density at radius 3 is 2.24 bits per heavy atom. The molecule has 0 radical (unpaired) electrons. The molecule has 10 heteroatoms. The van der Waals surface area contributed by atoms with Crippen LogP contribution in [0.5, 0.6) is 0 Å². The van der Waals surface area contributed by atoms with E-state index < -0.39 is 26.7 Å². The van der Waals surface area contributed by atoms with Gasteiger partial charge in [0.1, 0.15) is 11.6 Å². The van der Waals surface area contributed by atoms with Gasteiger partial charge in [0.25, 0.3) is 0 Å². The van der Waals surface area contributed by atoms with Crippen molar-refractivity contribution >= 4 is 15.8 Å². The second kappa shape index (κ2) is 7.91. The summed E-state index contributed by atoms with van der Waals surface area (Å²) >= 11 is 0. The lowest BCUT2D eigenvalue weighted by molar-refractivity contribution is -0.139. The molecule has 158 valence electrons. The third kappa shape index (κ3) is 4.53. The van der Waals surface area contributed by atoms with E-state index in [9.17, 15) is 21.6 Å². The minimum absolute atomic E-state index is 0.0780. The summed E-state index contributed by atoms with van der Waals surface area (Å²) in [6, 6.07) is 6.11. The monoisotopic (exact) mass is 428 g/mol. The second-order valence-electron chi connectivity index (χ2n) is 7.27. The Bertz CT molecular complexity index is 985. The Kier molecular flexibility index (Phi) is 5.86. The van der Waals surface area contributed by atoms with E-state index in [1.54, 1.807) is 0 Å². The molecule has 0 atom stereocenters. The van der Waals surface area contributed by atoms with Crippen LogP contribution in [0.1, 0.15) is 36.8 Å². The maximum atomic E-state index is 13.3. The molecule has 0 N–H and O–H groups in total. The van der Waals surface area contributed by atoms with Crippen molar-refractivity contribution in [3.8, 4) is 0 Å². The van der Waals surface area contributed by atoms with Crippen LogP contribution >= 0.6 is 0 Å².